The first-order valence-electron chi connectivity index (χ1n) is 9.88. The van der Waals surface area contributed by atoms with Gasteiger partial charge in [-0.05, 0) is 43.7 Å². The Kier molecular flexibility index (Phi) is 5.34. The fourth-order valence-corrected chi connectivity index (χ4v) is 4.80. The third-order valence-corrected chi connectivity index (χ3v) is 6.18. The number of piperidine rings is 1. The average molecular weight is 342 g/mol. The predicted molar refractivity (Wildman–Crippen MR) is 98.7 cm³/mol. The third-order valence-electron chi connectivity index (χ3n) is 6.18. The Labute approximate surface area is 150 Å². The number of fused-ring (bicyclic) bond motifs is 1. The van der Waals surface area contributed by atoms with Crippen LogP contribution in [0, 0.1) is 5.92 Å². The molecule has 0 aromatic heterocycles. The molecule has 5 nitrogen and oxygen atoms in total. The van der Waals surface area contributed by atoms with E-state index in [1.165, 1.54) is 31.2 Å². The van der Waals surface area contributed by atoms with Crippen molar-refractivity contribution in [2.24, 2.45) is 5.92 Å². The summed E-state index contributed by atoms with van der Waals surface area (Å²) in [4.78, 5) is 15.2. The number of hydrazine groups is 1. The van der Waals surface area contributed by atoms with Crippen LogP contribution in [0.3, 0.4) is 0 Å². The molecule has 5 heteroatoms. The van der Waals surface area contributed by atoms with Gasteiger partial charge in [0.2, 0.25) is 5.91 Å². The first-order valence-corrected chi connectivity index (χ1v) is 9.88. The molecule has 136 valence electrons. The van der Waals surface area contributed by atoms with Gasteiger partial charge in [0.1, 0.15) is 0 Å². The first-order chi connectivity index (χ1) is 12.3. The van der Waals surface area contributed by atoms with Crippen LogP contribution in [0.4, 0.5) is 0 Å². The lowest BCUT2D eigenvalue weighted by molar-refractivity contribution is -0.128. The van der Waals surface area contributed by atoms with E-state index in [-0.39, 0.29) is 11.9 Å². The quantitative estimate of drug-likeness (QED) is 0.764. The summed E-state index contributed by atoms with van der Waals surface area (Å²) >= 11 is 0. The normalized spacial score (nSPS) is 32.5. The number of nitrogens with one attached hydrogen (secondary N) is 3. The lowest BCUT2D eigenvalue weighted by Crippen LogP contribution is -2.51. The van der Waals surface area contributed by atoms with Crippen molar-refractivity contribution < 1.29 is 4.79 Å². The maximum Gasteiger partial charge on any atom is 0.237 e. The highest BCUT2D eigenvalue weighted by Gasteiger charge is 2.39. The Morgan fingerprint density at radius 2 is 1.96 bits per heavy atom. The SMILES string of the molecule is O=C(NCC1NNC2CCCC21)C1CCCCN1Cc1ccccc1. The Balaban J connectivity index is 1.33. The number of benzene rings is 1. The molecule has 0 radical (unpaired) electrons. The predicted octanol–water partition coefficient (Wildman–Crippen LogP) is 1.80. The molecule has 2 saturated heterocycles. The summed E-state index contributed by atoms with van der Waals surface area (Å²) in [6.45, 7) is 2.62. The van der Waals surface area contributed by atoms with Crippen molar-refractivity contribution in [3.63, 3.8) is 0 Å². The Bertz CT molecular complexity index is 578. The number of rotatable bonds is 5. The standard InChI is InChI=1S/C20H30N4O/c25-20(21-13-18-16-9-6-10-17(16)22-23-18)19-11-4-5-12-24(19)14-15-7-2-1-3-8-15/h1-3,7-8,16-19,22-23H,4-6,9-14H2,(H,21,25). The van der Waals surface area contributed by atoms with E-state index in [1.54, 1.807) is 0 Å². The second-order valence-corrected chi connectivity index (χ2v) is 7.81. The first kappa shape index (κ1) is 17.0. The van der Waals surface area contributed by atoms with Crippen molar-refractivity contribution >= 4 is 5.91 Å². The molecular formula is C20H30N4O. The van der Waals surface area contributed by atoms with Gasteiger partial charge in [-0.25, -0.2) is 0 Å². The van der Waals surface area contributed by atoms with Crippen LogP contribution >= 0.6 is 0 Å². The highest BCUT2D eigenvalue weighted by molar-refractivity contribution is 5.81. The summed E-state index contributed by atoms with van der Waals surface area (Å²) in [6, 6.07) is 11.5. The minimum absolute atomic E-state index is 0.0164. The molecule has 4 unspecified atom stereocenters. The monoisotopic (exact) mass is 342 g/mol. The van der Waals surface area contributed by atoms with E-state index in [9.17, 15) is 4.79 Å². The highest BCUT2D eigenvalue weighted by Crippen LogP contribution is 2.31. The van der Waals surface area contributed by atoms with Crippen LogP contribution < -0.4 is 16.2 Å². The summed E-state index contributed by atoms with van der Waals surface area (Å²) in [5.74, 6) is 0.881. The van der Waals surface area contributed by atoms with Crippen molar-refractivity contribution in [1.29, 1.82) is 0 Å². The van der Waals surface area contributed by atoms with Crippen molar-refractivity contribution in [2.45, 2.75) is 63.2 Å². The summed E-state index contributed by atoms with van der Waals surface area (Å²) in [7, 11) is 0. The van der Waals surface area contributed by atoms with E-state index >= 15 is 0 Å². The van der Waals surface area contributed by atoms with Crippen molar-refractivity contribution in [1.82, 2.24) is 21.1 Å². The molecule has 25 heavy (non-hydrogen) atoms. The van der Waals surface area contributed by atoms with Crippen LogP contribution in [0.15, 0.2) is 30.3 Å². The maximum absolute atomic E-state index is 12.8. The van der Waals surface area contributed by atoms with Gasteiger partial charge in [-0.15, -0.1) is 0 Å². The molecule has 3 N–H and O–H groups in total. The topological polar surface area (TPSA) is 56.4 Å². The van der Waals surface area contributed by atoms with Gasteiger partial charge in [-0.1, -0.05) is 43.2 Å². The number of hydrogen-bond acceptors (Lipinski definition) is 4. The van der Waals surface area contributed by atoms with Crippen molar-refractivity contribution in [2.75, 3.05) is 13.1 Å². The van der Waals surface area contributed by atoms with Gasteiger partial charge >= 0.3 is 0 Å². The van der Waals surface area contributed by atoms with E-state index in [4.69, 9.17) is 0 Å². The van der Waals surface area contributed by atoms with E-state index in [0.717, 1.165) is 32.5 Å². The molecule has 0 bridgehead atoms. The Morgan fingerprint density at radius 3 is 2.84 bits per heavy atom. The van der Waals surface area contributed by atoms with Gasteiger partial charge in [0.15, 0.2) is 0 Å². The Morgan fingerprint density at radius 1 is 1.08 bits per heavy atom. The van der Waals surface area contributed by atoms with Crippen LogP contribution in [0.25, 0.3) is 0 Å². The van der Waals surface area contributed by atoms with Crippen LogP contribution in [-0.2, 0) is 11.3 Å². The van der Waals surface area contributed by atoms with Gasteiger partial charge in [0.25, 0.3) is 0 Å². The van der Waals surface area contributed by atoms with E-state index in [1.807, 2.05) is 6.07 Å². The maximum atomic E-state index is 12.8. The van der Waals surface area contributed by atoms with E-state index < -0.39 is 0 Å². The third kappa shape index (κ3) is 3.89. The van der Waals surface area contributed by atoms with Crippen molar-refractivity contribution in [3.05, 3.63) is 35.9 Å². The molecule has 4 atom stereocenters. The summed E-state index contributed by atoms with van der Waals surface area (Å²) < 4.78 is 0. The zero-order valence-electron chi connectivity index (χ0n) is 14.9. The molecule has 1 saturated carbocycles. The van der Waals surface area contributed by atoms with Gasteiger partial charge in [0.05, 0.1) is 6.04 Å². The van der Waals surface area contributed by atoms with Gasteiger partial charge in [-0.3, -0.25) is 20.5 Å². The van der Waals surface area contributed by atoms with Crippen LogP contribution in [0.5, 0.6) is 0 Å². The molecule has 1 aromatic rings. The van der Waals surface area contributed by atoms with Crippen LogP contribution in [0.2, 0.25) is 0 Å². The summed E-state index contributed by atoms with van der Waals surface area (Å²) in [6.07, 6.45) is 7.15. The smallest absolute Gasteiger partial charge is 0.237 e. The molecule has 3 aliphatic rings. The Hall–Kier alpha value is -1.43. The molecule has 0 spiro atoms. The average Bonchev–Trinajstić information content (AvgIpc) is 3.25. The summed E-state index contributed by atoms with van der Waals surface area (Å²) in [5, 5.41) is 3.24. The highest BCUT2D eigenvalue weighted by atomic mass is 16.2. The molecular weight excluding hydrogens is 312 g/mol. The summed E-state index contributed by atoms with van der Waals surface area (Å²) in [5.41, 5.74) is 8.08. The molecule has 3 fully saturated rings. The number of hydrogen-bond donors (Lipinski definition) is 3. The lowest BCUT2D eigenvalue weighted by Gasteiger charge is -2.35. The molecule has 2 aliphatic heterocycles. The van der Waals surface area contributed by atoms with E-state index in [0.29, 0.717) is 18.0 Å². The van der Waals surface area contributed by atoms with Gasteiger partial charge in [-0.2, -0.15) is 0 Å². The van der Waals surface area contributed by atoms with Crippen molar-refractivity contribution in [3.8, 4) is 0 Å². The minimum Gasteiger partial charge on any atom is -0.353 e. The van der Waals surface area contributed by atoms with Crippen LogP contribution in [0.1, 0.15) is 44.1 Å². The zero-order chi connectivity index (χ0) is 17.1. The molecule has 1 aliphatic carbocycles. The zero-order valence-corrected chi connectivity index (χ0v) is 14.9. The molecule has 1 amide bonds. The van der Waals surface area contributed by atoms with Gasteiger partial charge < -0.3 is 5.32 Å². The fraction of sp³-hybridized carbons (Fsp3) is 0.650. The van der Waals surface area contributed by atoms with Crippen LogP contribution in [-0.4, -0.2) is 42.0 Å². The second-order valence-electron chi connectivity index (χ2n) is 7.81. The molecule has 1 aromatic carbocycles. The van der Waals surface area contributed by atoms with E-state index in [2.05, 4.69) is 45.3 Å². The van der Waals surface area contributed by atoms with Gasteiger partial charge in [0, 0.05) is 25.2 Å². The molecule has 4 rings (SSSR count). The second kappa shape index (κ2) is 7.85. The number of carbonyl (C=O) groups is 1. The number of amides is 1. The largest absolute Gasteiger partial charge is 0.353 e. The number of nitrogens with zero attached hydrogens (tertiary/aromatic N) is 1. The fourth-order valence-electron chi connectivity index (χ4n) is 4.80. The number of carbonyl (C=O) groups excluding carboxylic acids is 1. The number of likely N-dealkylation sites (tertiary alicyclic amines) is 1. The minimum atomic E-state index is 0.0164. The molecule has 2 heterocycles. The lowest BCUT2D eigenvalue weighted by atomic mass is 9.96.